The first-order valence-electron chi connectivity index (χ1n) is 5.13. The Bertz CT molecular complexity index is 581. The molecule has 5 heteroatoms. The molecule has 3 N–H and O–H groups in total. The summed E-state index contributed by atoms with van der Waals surface area (Å²) in [7, 11) is 0. The van der Waals surface area contributed by atoms with Crippen molar-refractivity contribution >= 4 is 11.7 Å². The van der Waals surface area contributed by atoms with E-state index in [1.807, 2.05) is 0 Å². The summed E-state index contributed by atoms with van der Waals surface area (Å²) in [5, 5.41) is 9.02. The largest absolute Gasteiger partial charge is 0.478 e. The van der Waals surface area contributed by atoms with E-state index in [2.05, 4.69) is 0 Å². The fourth-order valence-electron chi connectivity index (χ4n) is 1.46. The van der Waals surface area contributed by atoms with Crippen molar-refractivity contribution in [1.82, 2.24) is 0 Å². The maximum absolute atomic E-state index is 12.7. The Morgan fingerprint density at radius 2 is 1.83 bits per heavy atom. The van der Waals surface area contributed by atoms with Crippen LogP contribution in [0, 0.1) is 5.82 Å². The lowest BCUT2D eigenvalue weighted by Crippen LogP contribution is -2.02. The lowest BCUT2D eigenvalue weighted by molar-refractivity contribution is 0.0694. The third-order valence-electron chi connectivity index (χ3n) is 2.31. The second-order valence-corrected chi connectivity index (χ2v) is 3.59. The van der Waals surface area contributed by atoms with Crippen molar-refractivity contribution in [3.63, 3.8) is 0 Å². The summed E-state index contributed by atoms with van der Waals surface area (Å²) in [5.41, 5.74) is 5.84. The topological polar surface area (TPSA) is 72.6 Å². The highest BCUT2D eigenvalue weighted by Crippen LogP contribution is 2.31. The summed E-state index contributed by atoms with van der Waals surface area (Å²) in [6.07, 6.45) is 0. The Labute approximate surface area is 102 Å². The number of ether oxygens (including phenoxy) is 1. The Balaban J connectivity index is 2.39. The van der Waals surface area contributed by atoms with Gasteiger partial charge >= 0.3 is 5.97 Å². The second-order valence-electron chi connectivity index (χ2n) is 3.59. The minimum Gasteiger partial charge on any atom is -0.478 e. The zero-order valence-electron chi connectivity index (χ0n) is 9.26. The van der Waals surface area contributed by atoms with Crippen molar-refractivity contribution in [1.29, 1.82) is 0 Å². The van der Waals surface area contributed by atoms with Crippen molar-refractivity contribution in [2.24, 2.45) is 0 Å². The van der Waals surface area contributed by atoms with Crippen LogP contribution in [0.4, 0.5) is 10.1 Å². The Kier molecular flexibility index (Phi) is 3.14. The number of halogens is 1. The molecule has 0 unspecified atom stereocenters. The van der Waals surface area contributed by atoms with Crippen molar-refractivity contribution in [3.05, 3.63) is 53.8 Å². The van der Waals surface area contributed by atoms with E-state index in [9.17, 15) is 9.18 Å². The molecule has 0 amide bonds. The van der Waals surface area contributed by atoms with Crippen LogP contribution in [0.3, 0.4) is 0 Å². The maximum Gasteiger partial charge on any atom is 0.339 e. The van der Waals surface area contributed by atoms with Crippen LogP contribution in [0.5, 0.6) is 11.5 Å². The molecule has 0 radical (unpaired) electrons. The number of para-hydroxylation sites is 1. The van der Waals surface area contributed by atoms with E-state index in [0.717, 1.165) is 0 Å². The highest BCUT2D eigenvalue weighted by atomic mass is 19.1. The summed E-state index contributed by atoms with van der Waals surface area (Å²) in [6, 6.07) is 9.67. The number of rotatable bonds is 3. The van der Waals surface area contributed by atoms with E-state index in [1.54, 1.807) is 0 Å². The van der Waals surface area contributed by atoms with Gasteiger partial charge in [0.05, 0.1) is 5.69 Å². The van der Waals surface area contributed by atoms with Crippen LogP contribution < -0.4 is 10.5 Å². The number of carboxylic acids is 1. The molecule has 18 heavy (non-hydrogen) atoms. The lowest BCUT2D eigenvalue weighted by atomic mass is 10.1. The smallest absolute Gasteiger partial charge is 0.339 e. The van der Waals surface area contributed by atoms with Crippen LogP contribution in [0.25, 0.3) is 0 Å². The normalized spacial score (nSPS) is 10.1. The molecule has 0 heterocycles. The highest BCUT2D eigenvalue weighted by molar-refractivity contribution is 5.93. The van der Waals surface area contributed by atoms with Crippen LogP contribution in [-0.4, -0.2) is 11.1 Å². The molecule has 92 valence electrons. The third-order valence-corrected chi connectivity index (χ3v) is 2.31. The first-order valence-corrected chi connectivity index (χ1v) is 5.13. The van der Waals surface area contributed by atoms with Crippen LogP contribution in [0.15, 0.2) is 42.5 Å². The van der Waals surface area contributed by atoms with E-state index in [0.29, 0.717) is 5.75 Å². The minimum atomic E-state index is -1.14. The van der Waals surface area contributed by atoms with Crippen molar-refractivity contribution in [2.45, 2.75) is 0 Å². The van der Waals surface area contributed by atoms with E-state index in [1.165, 1.54) is 42.5 Å². The number of nitrogen functional groups attached to an aromatic ring is 1. The molecule has 0 atom stereocenters. The number of carbonyl (C=O) groups is 1. The molecule has 0 aliphatic rings. The van der Waals surface area contributed by atoms with E-state index in [4.69, 9.17) is 15.6 Å². The number of hydrogen-bond donors (Lipinski definition) is 2. The first-order chi connectivity index (χ1) is 8.58. The number of hydrogen-bond acceptors (Lipinski definition) is 3. The second kappa shape index (κ2) is 4.75. The molecule has 0 aromatic heterocycles. The van der Waals surface area contributed by atoms with Gasteiger partial charge in [-0.3, -0.25) is 0 Å². The molecule has 4 nitrogen and oxygen atoms in total. The Hall–Kier alpha value is -2.56. The van der Waals surface area contributed by atoms with Gasteiger partial charge < -0.3 is 15.6 Å². The number of aromatic carboxylic acids is 1. The van der Waals surface area contributed by atoms with Gasteiger partial charge in [0.1, 0.15) is 17.1 Å². The molecule has 2 aromatic carbocycles. The number of benzene rings is 2. The van der Waals surface area contributed by atoms with Gasteiger partial charge in [0, 0.05) is 0 Å². The van der Waals surface area contributed by atoms with Crippen LogP contribution >= 0.6 is 0 Å². The molecule has 0 saturated heterocycles. The molecular formula is C13H10FNO3. The predicted octanol–water partition coefficient (Wildman–Crippen LogP) is 2.90. The fraction of sp³-hybridized carbons (Fsp3) is 0. The van der Waals surface area contributed by atoms with Gasteiger partial charge in [0.25, 0.3) is 0 Å². The van der Waals surface area contributed by atoms with Gasteiger partial charge in [-0.2, -0.15) is 0 Å². The highest BCUT2D eigenvalue weighted by Gasteiger charge is 2.14. The van der Waals surface area contributed by atoms with E-state index < -0.39 is 11.8 Å². The fourth-order valence-corrected chi connectivity index (χ4v) is 1.46. The van der Waals surface area contributed by atoms with Gasteiger partial charge in [-0.05, 0) is 36.4 Å². The third kappa shape index (κ3) is 2.40. The average molecular weight is 247 g/mol. The quantitative estimate of drug-likeness (QED) is 0.818. The summed E-state index contributed by atoms with van der Waals surface area (Å²) in [4.78, 5) is 11.0. The van der Waals surface area contributed by atoms with Crippen LogP contribution in [-0.2, 0) is 0 Å². The van der Waals surface area contributed by atoms with Gasteiger partial charge in [-0.25, -0.2) is 9.18 Å². The van der Waals surface area contributed by atoms with E-state index >= 15 is 0 Å². The molecule has 0 aliphatic carbocycles. The molecule has 0 aliphatic heterocycles. The van der Waals surface area contributed by atoms with Crippen LogP contribution in [0.2, 0.25) is 0 Å². The Morgan fingerprint density at radius 3 is 2.44 bits per heavy atom. The van der Waals surface area contributed by atoms with Crippen molar-refractivity contribution in [2.75, 3.05) is 5.73 Å². The molecular weight excluding hydrogens is 237 g/mol. The molecule has 0 saturated carbocycles. The monoisotopic (exact) mass is 247 g/mol. The average Bonchev–Trinajstić information content (AvgIpc) is 2.34. The SMILES string of the molecule is Nc1cccc(C(=O)O)c1Oc1ccc(F)cc1. The summed E-state index contributed by atoms with van der Waals surface area (Å²) >= 11 is 0. The number of nitrogens with two attached hydrogens (primary N) is 1. The minimum absolute atomic E-state index is 0.0423. The van der Waals surface area contributed by atoms with Gasteiger partial charge in [0.15, 0.2) is 5.75 Å². The van der Waals surface area contributed by atoms with E-state index in [-0.39, 0.29) is 17.0 Å². The van der Waals surface area contributed by atoms with Crippen LogP contribution in [0.1, 0.15) is 10.4 Å². The molecule has 2 aromatic rings. The maximum atomic E-state index is 12.7. The molecule has 2 rings (SSSR count). The summed E-state index contributed by atoms with van der Waals surface area (Å²) < 4.78 is 18.1. The lowest BCUT2D eigenvalue weighted by Gasteiger charge is -2.11. The molecule has 0 bridgehead atoms. The predicted molar refractivity (Wildman–Crippen MR) is 64.3 cm³/mol. The molecule has 0 spiro atoms. The zero-order valence-corrected chi connectivity index (χ0v) is 9.26. The van der Waals surface area contributed by atoms with Gasteiger partial charge in [0.2, 0.25) is 0 Å². The molecule has 0 fully saturated rings. The Morgan fingerprint density at radius 1 is 1.17 bits per heavy atom. The van der Waals surface area contributed by atoms with Crippen molar-refractivity contribution < 1.29 is 19.0 Å². The van der Waals surface area contributed by atoms with Crippen molar-refractivity contribution in [3.8, 4) is 11.5 Å². The number of anilines is 1. The number of carboxylic acid groups (broad SMARTS) is 1. The van der Waals surface area contributed by atoms with Gasteiger partial charge in [-0.15, -0.1) is 0 Å². The standard InChI is InChI=1S/C13H10FNO3/c14-8-4-6-9(7-5-8)18-12-10(13(16)17)2-1-3-11(12)15/h1-7H,15H2,(H,16,17). The summed E-state index contributed by atoms with van der Waals surface area (Å²) in [6.45, 7) is 0. The zero-order chi connectivity index (χ0) is 13.1. The van der Waals surface area contributed by atoms with Gasteiger partial charge in [-0.1, -0.05) is 6.07 Å². The first kappa shape index (κ1) is 11.9. The summed E-state index contributed by atoms with van der Waals surface area (Å²) in [5.74, 6) is -1.17.